The summed E-state index contributed by atoms with van der Waals surface area (Å²) < 4.78 is 4.85. The number of phenolic OH excluding ortho intramolecular Hbond substituents is 1. The van der Waals surface area contributed by atoms with Crippen LogP contribution in [0.4, 0.5) is 0 Å². The summed E-state index contributed by atoms with van der Waals surface area (Å²) in [5, 5.41) is 18.0. The number of thiocarbonyl (C=S) groups is 1. The van der Waals surface area contributed by atoms with Gasteiger partial charge in [0.05, 0.1) is 7.11 Å². The molecule has 0 aliphatic carbocycles. The number of benzene rings is 1. The van der Waals surface area contributed by atoms with Crippen molar-refractivity contribution in [1.29, 1.82) is 0 Å². The molecule has 0 saturated carbocycles. The zero-order valence-corrected chi connectivity index (χ0v) is 8.87. The topological polar surface area (TPSA) is 66.8 Å². The van der Waals surface area contributed by atoms with Gasteiger partial charge in [-0.3, -0.25) is 0 Å². The van der Waals surface area contributed by atoms with E-state index in [1.807, 2.05) is 0 Å². The predicted octanol–water partition coefficient (Wildman–Crippen LogP) is 1.40. The van der Waals surface area contributed by atoms with E-state index in [4.69, 9.17) is 9.84 Å². The minimum absolute atomic E-state index is 0.0248. The minimum atomic E-state index is -1.11. The Morgan fingerprint density at radius 3 is 2.67 bits per heavy atom. The minimum Gasteiger partial charge on any atom is -0.504 e. The largest absolute Gasteiger partial charge is 0.504 e. The van der Waals surface area contributed by atoms with Crippen LogP contribution in [0, 0.1) is 0 Å². The van der Waals surface area contributed by atoms with E-state index in [9.17, 15) is 9.90 Å². The Hall–Kier alpha value is -1.62. The van der Waals surface area contributed by atoms with Crippen LogP contribution in [0.25, 0.3) is 0 Å². The van der Waals surface area contributed by atoms with Crippen molar-refractivity contribution in [2.75, 3.05) is 7.11 Å². The summed E-state index contributed by atoms with van der Waals surface area (Å²) in [6.45, 7) is 0. The first-order valence-electron chi connectivity index (χ1n) is 4.16. The normalized spacial score (nSPS) is 9.67. The molecule has 0 heterocycles. The fourth-order valence-electron chi connectivity index (χ4n) is 1.11. The van der Waals surface area contributed by atoms with Gasteiger partial charge in [-0.05, 0) is 17.7 Å². The lowest BCUT2D eigenvalue weighted by molar-refractivity contribution is -0.129. The lowest BCUT2D eigenvalue weighted by atomic mass is 10.1. The number of phenols is 1. The third-order valence-corrected chi connectivity index (χ3v) is 2.17. The molecule has 1 aromatic rings. The van der Waals surface area contributed by atoms with Gasteiger partial charge in [0.2, 0.25) is 0 Å². The smallest absolute Gasteiger partial charge is 0.342 e. The lowest BCUT2D eigenvalue weighted by Gasteiger charge is -2.05. The average molecular weight is 226 g/mol. The van der Waals surface area contributed by atoms with Crippen LogP contribution >= 0.6 is 12.2 Å². The molecule has 5 heteroatoms. The maximum absolute atomic E-state index is 10.5. The number of rotatable bonds is 4. The summed E-state index contributed by atoms with van der Waals surface area (Å²) in [5.41, 5.74) is 0.640. The Bertz CT molecular complexity index is 400. The molecule has 0 fully saturated rings. The van der Waals surface area contributed by atoms with E-state index in [1.165, 1.54) is 13.2 Å². The first kappa shape index (κ1) is 11.5. The van der Waals surface area contributed by atoms with Crippen molar-refractivity contribution in [3.05, 3.63) is 23.8 Å². The van der Waals surface area contributed by atoms with Gasteiger partial charge in [-0.15, -0.1) is 0 Å². The molecule has 0 aliphatic rings. The molecule has 0 aromatic heterocycles. The molecule has 1 aromatic carbocycles. The number of methoxy groups -OCH3 is 1. The van der Waals surface area contributed by atoms with Crippen LogP contribution < -0.4 is 4.74 Å². The SMILES string of the molecule is COc1ccc(CC(=S)C(=O)O)cc1O. The number of hydrogen-bond donors (Lipinski definition) is 2. The van der Waals surface area contributed by atoms with E-state index in [0.717, 1.165) is 0 Å². The molecule has 0 bridgehead atoms. The number of aliphatic carboxylic acids is 1. The monoisotopic (exact) mass is 226 g/mol. The van der Waals surface area contributed by atoms with Crippen LogP contribution in [0.5, 0.6) is 11.5 Å². The first-order chi connectivity index (χ1) is 7.04. The van der Waals surface area contributed by atoms with Crippen molar-refractivity contribution >= 4 is 23.1 Å². The molecule has 0 spiro atoms. The molecule has 15 heavy (non-hydrogen) atoms. The highest BCUT2D eigenvalue weighted by Gasteiger charge is 2.09. The van der Waals surface area contributed by atoms with Crippen molar-refractivity contribution < 1.29 is 19.7 Å². The van der Waals surface area contributed by atoms with Crippen molar-refractivity contribution in [2.24, 2.45) is 0 Å². The molecular formula is C10H10O4S. The van der Waals surface area contributed by atoms with Crippen molar-refractivity contribution in [2.45, 2.75) is 6.42 Å². The molecule has 2 N–H and O–H groups in total. The van der Waals surface area contributed by atoms with Crippen LogP contribution in [0.15, 0.2) is 18.2 Å². The van der Waals surface area contributed by atoms with Crippen LogP contribution in [-0.4, -0.2) is 28.2 Å². The molecule has 0 saturated heterocycles. The van der Waals surface area contributed by atoms with E-state index >= 15 is 0 Å². The van der Waals surface area contributed by atoms with E-state index in [1.54, 1.807) is 12.1 Å². The maximum atomic E-state index is 10.5. The van der Waals surface area contributed by atoms with Crippen molar-refractivity contribution in [1.82, 2.24) is 0 Å². The predicted molar refractivity (Wildman–Crippen MR) is 58.6 cm³/mol. The number of carboxylic acid groups (broad SMARTS) is 1. The molecule has 0 radical (unpaired) electrons. The summed E-state index contributed by atoms with van der Waals surface area (Å²) in [7, 11) is 1.44. The fourth-order valence-corrected chi connectivity index (χ4v) is 1.27. The Morgan fingerprint density at radius 1 is 1.53 bits per heavy atom. The van der Waals surface area contributed by atoms with Crippen LogP contribution in [-0.2, 0) is 11.2 Å². The molecule has 0 aliphatic heterocycles. The zero-order valence-electron chi connectivity index (χ0n) is 8.06. The third-order valence-electron chi connectivity index (χ3n) is 1.85. The van der Waals surface area contributed by atoms with Crippen molar-refractivity contribution in [3.63, 3.8) is 0 Å². The van der Waals surface area contributed by atoms with Gasteiger partial charge >= 0.3 is 5.97 Å². The lowest BCUT2D eigenvalue weighted by Crippen LogP contribution is -2.12. The van der Waals surface area contributed by atoms with Gasteiger partial charge in [-0.2, -0.15) is 0 Å². The number of hydrogen-bond acceptors (Lipinski definition) is 4. The average Bonchev–Trinajstić information content (AvgIpc) is 2.18. The van der Waals surface area contributed by atoms with Crippen LogP contribution in [0.2, 0.25) is 0 Å². The Labute approximate surface area is 92.1 Å². The highest BCUT2D eigenvalue weighted by atomic mass is 32.1. The maximum Gasteiger partial charge on any atom is 0.342 e. The van der Waals surface area contributed by atoms with Gasteiger partial charge < -0.3 is 14.9 Å². The van der Waals surface area contributed by atoms with Gasteiger partial charge in [0.25, 0.3) is 0 Å². The van der Waals surface area contributed by atoms with Crippen molar-refractivity contribution in [3.8, 4) is 11.5 Å². The third kappa shape index (κ3) is 2.92. The van der Waals surface area contributed by atoms with Crippen LogP contribution in [0.1, 0.15) is 5.56 Å². The molecule has 0 unspecified atom stereocenters. The Morgan fingerprint density at radius 2 is 2.20 bits per heavy atom. The Kier molecular flexibility index (Phi) is 3.62. The first-order valence-corrected chi connectivity index (χ1v) is 4.57. The summed E-state index contributed by atoms with van der Waals surface area (Å²) >= 11 is 4.65. The molecule has 80 valence electrons. The quantitative estimate of drug-likeness (QED) is 0.759. The van der Waals surface area contributed by atoms with E-state index in [-0.39, 0.29) is 17.0 Å². The van der Waals surface area contributed by atoms with E-state index in [0.29, 0.717) is 11.3 Å². The van der Waals surface area contributed by atoms with E-state index < -0.39 is 5.97 Å². The summed E-state index contributed by atoms with van der Waals surface area (Å²) in [5.74, 6) is -0.788. The number of carboxylic acids is 1. The molecular weight excluding hydrogens is 216 g/mol. The molecule has 1 rings (SSSR count). The standard InChI is InChI=1S/C10H10O4S/c1-14-8-3-2-6(4-7(8)11)5-9(15)10(12)13/h2-4,11H,5H2,1H3,(H,12,13). The van der Waals surface area contributed by atoms with Gasteiger partial charge in [-0.1, -0.05) is 18.3 Å². The number of ether oxygens (including phenoxy) is 1. The highest BCUT2D eigenvalue weighted by Crippen LogP contribution is 2.26. The van der Waals surface area contributed by atoms with Gasteiger partial charge in [-0.25, -0.2) is 4.79 Å². The highest BCUT2D eigenvalue weighted by molar-refractivity contribution is 7.82. The molecule has 0 atom stereocenters. The van der Waals surface area contributed by atoms with Gasteiger partial charge in [0.15, 0.2) is 11.5 Å². The fraction of sp³-hybridized carbons (Fsp3) is 0.200. The summed E-state index contributed by atoms with van der Waals surface area (Å²) in [6.07, 6.45) is 0.127. The van der Waals surface area contributed by atoms with E-state index in [2.05, 4.69) is 12.2 Å². The molecule has 4 nitrogen and oxygen atoms in total. The van der Waals surface area contributed by atoms with Crippen LogP contribution in [0.3, 0.4) is 0 Å². The zero-order chi connectivity index (χ0) is 11.4. The second kappa shape index (κ2) is 4.75. The van der Waals surface area contributed by atoms with Gasteiger partial charge in [0, 0.05) is 6.42 Å². The van der Waals surface area contributed by atoms with Gasteiger partial charge in [0.1, 0.15) is 4.86 Å². The Balaban J connectivity index is 2.84. The summed E-state index contributed by atoms with van der Waals surface area (Å²) in [4.78, 5) is 10.4. The second-order valence-electron chi connectivity index (χ2n) is 2.91. The number of carbonyl (C=O) groups is 1. The summed E-state index contributed by atoms with van der Waals surface area (Å²) in [6, 6.07) is 4.66. The molecule has 0 amide bonds. The number of aromatic hydroxyl groups is 1. The second-order valence-corrected chi connectivity index (χ2v) is 3.40.